The third kappa shape index (κ3) is 1.99. The van der Waals surface area contributed by atoms with Gasteiger partial charge in [0.2, 0.25) is 0 Å². The molecule has 1 aromatic heterocycles. The summed E-state index contributed by atoms with van der Waals surface area (Å²) in [6.45, 7) is 0. The van der Waals surface area contributed by atoms with E-state index < -0.39 is 14.8 Å². The zero-order valence-corrected chi connectivity index (χ0v) is 9.26. The van der Waals surface area contributed by atoms with Gasteiger partial charge in [0.1, 0.15) is 4.90 Å². The highest BCUT2D eigenvalue weighted by molar-refractivity contribution is 14.1. The molecule has 0 aliphatic rings. The number of aromatic hydroxyl groups is 1. The van der Waals surface area contributed by atoms with Crippen molar-refractivity contribution < 1.29 is 13.5 Å². The molecule has 0 spiro atoms. The van der Waals surface area contributed by atoms with Gasteiger partial charge >= 0.3 is 0 Å². The van der Waals surface area contributed by atoms with Crippen LogP contribution in [0.25, 0.3) is 0 Å². The molecule has 1 rings (SSSR count). The molecule has 4 nitrogen and oxygen atoms in total. The van der Waals surface area contributed by atoms with Gasteiger partial charge in [0.15, 0.2) is 5.75 Å². The fraction of sp³-hybridized carbons (Fsp3) is 0. The Morgan fingerprint density at radius 3 is 2.42 bits per heavy atom. The van der Waals surface area contributed by atoms with Crippen LogP contribution in [0.3, 0.4) is 0 Å². The van der Waals surface area contributed by atoms with Crippen molar-refractivity contribution in [2.24, 2.45) is 0 Å². The van der Waals surface area contributed by atoms with Crippen LogP contribution in [0.1, 0.15) is 0 Å². The first-order valence-electron chi connectivity index (χ1n) is 2.70. The third-order valence-corrected chi connectivity index (χ3v) is 3.64. The summed E-state index contributed by atoms with van der Waals surface area (Å²) < 4.78 is 22.0. The first-order chi connectivity index (χ1) is 5.43. The van der Waals surface area contributed by atoms with E-state index in [0.717, 1.165) is 6.20 Å². The lowest BCUT2D eigenvalue weighted by Crippen LogP contribution is -1.95. The SMILES string of the molecule is O=S(=O)(Cl)c1c(O)cncc1I. The second kappa shape index (κ2) is 3.35. The Hall–Kier alpha value is -0.0800. The zero-order chi connectivity index (χ0) is 9.35. The molecular weight excluding hydrogens is 316 g/mol. The van der Waals surface area contributed by atoms with Crippen LogP contribution in [0.15, 0.2) is 17.3 Å². The van der Waals surface area contributed by atoms with E-state index in [1.165, 1.54) is 6.20 Å². The Morgan fingerprint density at radius 2 is 2.08 bits per heavy atom. The lowest BCUT2D eigenvalue weighted by atomic mass is 10.5. The first-order valence-corrected chi connectivity index (χ1v) is 6.09. The van der Waals surface area contributed by atoms with Crippen molar-refractivity contribution in [3.05, 3.63) is 16.0 Å². The van der Waals surface area contributed by atoms with Gasteiger partial charge < -0.3 is 5.11 Å². The highest BCUT2D eigenvalue weighted by Gasteiger charge is 2.19. The molecule has 0 bridgehead atoms. The second-order valence-electron chi connectivity index (χ2n) is 1.91. The van der Waals surface area contributed by atoms with Crippen molar-refractivity contribution in [1.82, 2.24) is 4.98 Å². The Morgan fingerprint density at radius 1 is 1.50 bits per heavy atom. The lowest BCUT2D eigenvalue weighted by molar-refractivity contribution is 0.455. The minimum atomic E-state index is -3.89. The molecule has 1 aromatic rings. The van der Waals surface area contributed by atoms with Crippen molar-refractivity contribution in [3.63, 3.8) is 0 Å². The largest absolute Gasteiger partial charge is 0.505 e. The third-order valence-electron chi connectivity index (χ3n) is 1.08. The standard InChI is InChI=1S/C5H3ClINO3S/c6-12(10,11)5-3(7)1-8-2-4(5)9/h1-2,9H. The predicted molar refractivity (Wildman–Crippen MR) is 51.7 cm³/mol. The van der Waals surface area contributed by atoms with Crippen molar-refractivity contribution >= 4 is 42.3 Å². The summed E-state index contributed by atoms with van der Waals surface area (Å²) in [5.41, 5.74) is 0. The van der Waals surface area contributed by atoms with E-state index in [-0.39, 0.29) is 4.90 Å². The molecule has 1 heterocycles. The number of nitrogens with zero attached hydrogens (tertiary/aromatic N) is 1. The molecule has 0 aromatic carbocycles. The molecule has 1 N–H and O–H groups in total. The van der Waals surface area contributed by atoms with Crippen LogP contribution < -0.4 is 0 Å². The molecule has 0 saturated carbocycles. The summed E-state index contributed by atoms with van der Waals surface area (Å²) in [4.78, 5) is 3.29. The maximum absolute atomic E-state index is 10.8. The highest BCUT2D eigenvalue weighted by atomic mass is 127. The van der Waals surface area contributed by atoms with E-state index in [9.17, 15) is 8.42 Å². The topological polar surface area (TPSA) is 67.3 Å². The van der Waals surface area contributed by atoms with Crippen LogP contribution in [0, 0.1) is 3.57 Å². The van der Waals surface area contributed by atoms with E-state index in [4.69, 9.17) is 15.8 Å². The van der Waals surface area contributed by atoms with E-state index in [1.54, 1.807) is 22.6 Å². The fourth-order valence-corrected chi connectivity index (χ4v) is 3.43. The number of aromatic nitrogens is 1. The number of hydrogen-bond acceptors (Lipinski definition) is 4. The number of rotatable bonds is 1. The predicted octanol–water partition coefficient (Wildman–Crippen LogP) is 1.32. The van der Waals surface area contributed by atoms with Gasteiger partial charge in [0.05, 0.1) is 9.77 Å². The average molecular weight is 320 g/mol. The molecule has 0 aliphatic carbocycles. The summed E-state index contributed by atoms with van der Waals surface area (Å²) in [7, 11) is 1.16. The Labute approximate surface area is 87.1 Å². The van der Waals surface area contributed by atoms with Crippen LogP contribution >= 0.6 is 33.3 Å². The van der Waals surface area contributed by atoms with Crippen LogP contribution in [-0.2, 0) is 9.05 Å². The first kappa shape index (κ1) is 10.0. The maximum atomic E-state index is 10.8. The number of hydrogen-bond donors (Lipinski definition) is 1. The van der Waals surface area contributed by atoms with Crippen molar-refractivity contribution in [1.29, 1.82) is 0 Å². The monoisotopic (exact) mass is 319 g/mol. The van der Waals surface area contributed by atoms with Gasteiger partial charge in [-0.1, -0.05) is 0 Å². The average Bonchev–Trinajstić information content (AvgIpc) is 1.82. The van der Waals surface area contributed by atoms with Gasteiger partial charge in [-0.05, 0) is 22.6 Å². The maximum Gasteiger partial charge on any atom is 0.266 e. The summed E-state index contributed by atoms with van der Waals surface area (Å²) >= 11 is 1.73. The summed E-state index contributed by atoms with van der Waals surface area (Å²) in [6.07, 6.45) is 2.33. The van der Waals surface area contributed by atoms with Crippen molar-refractivity contribution in [2.75, 3.05) is 0 Å². The molecule has 0 radical (unpaired) electrons. The lowest BCUT2D eigenvalue weighted by Gasteiger charge is -2.00. The second-order valence-corrected chi connectivity index (χ2v) is 5.57. The quantitative estimate of drug-likeness (QED) is 0.626. The smallest absolute Gasteiger partial charge is 0.266 e. The van der Waals surface area contributed by atoms with Gasteiger partial charge in [0, 0.05) is 16.9 Å². The van der Waals surface area contributed by atoms with Gasteiger partial charge in [0.25, 0.3) is 9.05 Å². The highest BCUT2D eigenvalue weighted by Crippen LogP contribution is 2.28. The zero-order valence-electron chi connectivity index (χ0n) is 5.53. The van der Waals surface area contributed by atoms with Gasteiger partial charge in [-0.2, -0.15) is 0 Å². The van der Waals surface area contributed by atoms with Crippen LogP contribution in [0.4, 0.5) is 0 Å². The Balaban J connectivity index is 3.53. The van der Waals surface area contributed by atoms with E-state index in [1.807, 2.05) is 0 Å². The summed E-state index contributed by atoms with van der Waals surface area (Å²) in [5, 5.41) is 9.10. The van der Waals surface area contributed by atoms with Crippen molar-refractivity contribution in [2.45, 2.75) is 4.90 Å². The van der Waals surface area contributed by atoms with Gasteiger partial charge in [-0.25, -0.2) is 8.42 Å². The van der Waals surface area contributed by atoms with E-state index in [0.29, 0.717) is 3.57 Å². The molecule has 7 heteroatoms. The molecule has 0 aliphatic heterocycles. The molecule has 0 atom stereocenters. The molecule has 0 unspecified atom stereocenters. The summed E-state index contributed by atoms with van der Waals surface area (Å²) in [5.74, 6) is -0.433. The molecular formula is C5H3ClINO3S. The Bertz CT molecular complexity index is 385. The Kier molecular flexibility index (Phi) is 2.79. The van der Waals surface area contributed by atoms with E-state index >= 15 is 0 Å². The van der Waals surface area contributed by atoms with E-state index in [2.05, 4.69) is 4.98 Å². The van der Waals surface area contributed by atoms with Crippen molar-refractivity contribution in [3.8, 4) is 5.75 Å². The number of halogens is 2. The van der Waals surface area contributed by atoms with Gasteiger partial charge in [-0.3, -0.25) is 4.98 Å². The minimum absolute atomic E-state index is 0.292. The fourth-order valence-electron chi connectivity index (χ4n) is 0.654. The van der Waals surface area contributed by atoms with Crippen LogP contribution in [0.2, 0.25) is 0 Å². The molecule has 12 heavy (non-hydrogen) atoms. The normalized spacial score (nSPS) is 11.5. The summed E-state index contributed by atoms with van der Waals surface area (Å²) in [6, 6.07) is 0. The molecule has 66 valence electrons. The molecule has 0 fully saturated rings. The minimum Gasteiger partial charge on any atom is -0.505 e. The number of pyridine rings is 1. The van der Waals surface area contributed by atoms with Crippen LogP contribution in [-0.4, -0.2) is 18.5 Å². The molecule has 0 saturated heterocycles. The van der Waals surface area contributed by atoms with Crippen LogP contribution in [0.5, 0.6) is 5.75 Å². The van der Waals surface area contributed by atoms with Gasteiger partial charge in [-0.15, -0.1) is 0 Å². The molecule has 0 amide bonds.